The van der Waals surface area contributed by atoms with Crippen LogP contribution in [0.5, 0.6) is 0 Å². The van der Waals surface area contributed by atoms with Crippen molar-refractivity contribution in [3.05, 3.63) is 0 Å². The number of hydrogen-bond acceptors (Lipinski definition) is 0. The maximum absolute atomic E-state index is 3.14. The topological polar surface area (TPSA) is 0 Å². The molecule has 0 N–H and O–H groups in total. The van der Waals surface area contributed by atoms with Gasteiger partial charge in [0.2, 0.25) is 0 Å². The summed E-state index contributed by atoms with van der Waals surface area (Å²) in [6.07, 6.45) is 7.97. The van der Waals surface area contributed by atoms with Gasteiger partial charge < -0.3 is 0 Å². The fraction of sp³-hybridized carbons (Fsp3) is 1.00. The first-order valence-electron chi connectivity index (χ1n) is 6.10. The average molecular weight is 194 g/mol. The van der Waals surface area contributed by atoms with Gasteiger partial charge in [0.05, 0.1) is 0 Å². The van der Waals surface area contributed by atoms with Crippen molar-refractivity contribution >= 4 is 9.24 Å². The van der Waals surface area contributed by atoms with E-state index >= 15 is 0 Å². The summed E-state index contributed by atoms with van der Waals surface area (Å²) >= 11 is 0. The van der Waals surface area contributed by atoms with Crippen molar-refractivity contribution in [2.45, 2.75) is 37.8 Å². The average Bonchev–Trinajstić information content (AvgIpc) is 2.78. The Labute approximate surface area is 83.1 Å². The van der Waals surface area contributed by atoms with Crippen molar-refractivity contribution in [2.75, 3.05) is 0 Å². The summed E-state index contributed by atoms with van der Waals surface area (Å²) in [7, 11) is 3.14. The number of rotatable bonds is 0. The first-order chi connectivity index (χ1) is 6.34. The van der Waals surface area contributed by atoms with E-state index in [9.17, 15) is 0 Å². The maximum atomic E-state index is 3.14. The Bertz CT molecular complexity index is 250. The second-order valence-corrected chi connectivity index (χ2v) is 6.90. The minimum atomic E-state index is 1.01. The van der Waals surface area contributed by atoms with Crippen molar-refractivity contribution in [3.8, 4) is 0 Å². The molecule has 0 amide bonds. The van der Waals surface area contributed by atoms with Gasteiger partial charge >= 0.3 is 0 Å². The van der Waals surface area contributed by atoms with Crippen molar-refractivity contribution in [1.82, 2.24) is 0 Å². The normalized spacial score (nSPS) is 67.6. The van der Waals surface area contributed by atoms with Crippen LogP contribution < -0.4 is 0 Å². The van der Waals surface area contributed by atoms with Gasteiger partial charge in [0.15, 0.2) is 0 Å². The lowest BCUT2D eigenvalue weighted by atomic mass is 9.71. The van der Waals surface area contributed by atoms with Gasteiger partial charge in [-0.1, -0.05) is 0 Å². The van der Waals surface area contributed by atoms with E-state index < -0.39 is 0 Å². The third-order valence-corrected chi connectivity index (χ3v) is 6.55. The molecule has 0 nitrogen and oxygen atoms in total. The molecular formula is C12H19P. The van der Waals surface area contributed by atoms with E-state index in [1.54, 1.807) is 32.1 Å². The molecule has 4 rings (SSSR count). The Hall–Kier alpha value is 0.430. The Kier molecular flexibility index (Phi) is 1.37. The highest BCUT2D eigenvalue weighted by atomic mass is 31.0. The molecule has 0 aliphatic heterocycles. The molecule has 0 spiro atoms. The van der Waals surface area contributed by atoms with Crippen molar-refractivity contribution < 1.29 is 0 Å². The van der Waals surface area contributed by atoms with Gasteiger partial charge in [0, 0.05) is 0 Å². The van der Waals surface area contributed by atoms with E-state index in [2.05, 4.69) is 9.24 Å². The molecule has 4 aliphatic carbocycles. The standard InChI is InChI=1S/C12H19P/c13-10-5-8-4-9(10)12-7-2-1-6(3-7)11(8)12/h6-12H,1-5,13H2. The zero-order valence-electron chi connectivity index (χ0n) is 8.15. The largest absolute Gasteiger partial charge is 0.134 e. The van der Waals surface area contributed by atoms with Crippen LogP contribution in [0.25, 0.3) is 0 Å². The van der Waals surface area contributed by atoms with Gasteiger partial charge in [0.25, 0.3) is 0 Å². The SMILES string of the molecule is PC1CC2CC1C1C3CCC(C3)C21. The van der Waals surface area contributed by atoms with Crippen molar-refractivity contribution in [2.24, 2.45) is 35.5 Å². The van der Waals surface area contributed by atoms with Gasteiger partial charge in [-0.2, -0.15) is 0 Å². The van der Waals surface area contributed by atoms with E-state index in [0.717, 1.165) is 17.5 Å². The molecule has 0 saturated heterocycles. The Balaban J connectivity index is 1.75. The van der Waals surface area contributed by atoms with Crippen LogP contribution in [0.15, 0.2) is 0 Å². The van der Waals surface area contributed by atoms with Crippen molar-refractivity contribution in [1.29, 1.82) is 0 Å². The van der Waals surface area contributed by atoms with Crippen LogP contribution >= 0.6 is 9.24 Å². The minimum Gasteiger partial charge on any atom is -0.134 e. The van der Waals surface area contributed by atoms with E-state index in [4.69, 9.17) is 0 Å². The van der Waals surface area contributed by atoms with Gasteiger partial charge in [-0.25, -0.2) is 0 Å². The highest BCUT2D eigenvalue weighted by molar-refractivity contribution is 7.17. The molecule has 4 fully saturated rings. The van der Waals surface area contributed by atoms with E-state index in [1.165, 1.54) is 23.7 Å². The first kappa shape index (κ1) is 7.69. The molecule has 1 heteroatoms. The van der Waals surface area contributed by atoms with Crippen LogP contribution in [0.4, 0.5) is 0 Å². The molecule has 0 aromatic carbocycles. The lowest BCUT2D eigenvalue weighted by molar-refractivity contribution is 0.150. The van der Waals surface area contributed by atoms with Gasteiger partial charge in [-0.05, 0) is 73.3 Å². The molecule has 8 unspecified atom stereocenters. The predicted molar refractivity (Wildman–Crippen MR) is 57.5 cm³/mol. The monoisotopic (exact) mass is 194 g/mol. The summed E-state index contributed by atoms with van der Waals surface area (Å²) in [5.41, 5.74) is 1.01. The molecule has 4 aliphatic rings. The molecule has 72 valence electrons. The fourth-order valence-corrected chi connectivity index (χ4v) is 6.38. The smallest absolute Gasteiger partial charge is 0.0230 e. The molecule has 0 aromatic heterocycles. The molecule has 0 heterocycles. The summed E-state index contributed by atoms with van der Waals surface area (Å²) in [6.45, 7) is 0. The van der Waals surface area contributed by atoms with E-state index in [0.29, 0.717) is 0 Å². The lowest BCUT2D eigenvalue weighted by Crippen LogP contribution is -2.32. The Morgan fingerprint density at radius 3 is 2.38 bits per heavy atom. The Morgan fingerprint density at radius 2 is 1.54 bits per heavy atom. The molecule has 0 radical (unpaired) electrons. The molecular weight excluding hydrogens is 175 g/mol. The van der Waals surface area contributed by atoms with Crippen LogP contribution in [0.2, 0.25) is 0 Å². The second kappa shape index (κ2) is 2.32. The molecule has 0 aromatic rings. The third-order valence-electron chi connectivity index (χ3n) is 5.79. The quantitative estimate of drug-likeness (QED) is 0.411. The van der Waals surface area contributed by atoms with Crippen molar-refractivity contribution in [3.63, 3.8) is 0 Å². The lowest BCUT2D eigenvalue weighted by Gasteiger charge is -2.37. The zero-order valence-corrected chi connectivity index (χ0v) is 9.31. The summed E-state index contributed by atoms with van der Waals surface area (Å²) in [4.78, 5) is 0. The summed E-state index contributed by atoms with van der Waals surface area (Å²) in [5.74, 6) is 7.06. The molecule has 4 saturated carbocycles. The van der Waals surface area contributed by atoms with Crippen LogP contribution in [0, 0.1) is 35.5 Å². The fourth-order valence-electron chi connectivity index (χ4n) is 5.62. The summed E-state index contributed by atoms with van der Waals surface area (Å²) < 4.78 is 0. The predicted octanol–water partition coefficient (Wildman–Crippen LogP) is 2.93. The van der Waals surface area contributed by atoms with E-state index in [1.807, 2.05) is 0 Å². The molecule has 4 bridgehead atoms. The van der Waals surface area contributed by atoms with E-state index in [-0.39, 0.29) is 0 Å². The summed E-state index contributed by atoms with van der Waals surface area (Å²) in [5, 5.41) is 0. The molecule has 8 atom stereocenters. The second-order valence-electron chi connectivity index (χ2n) is 6.05. The highest BCUT2D eigenvalue weighted by Crippen LogP contribution is 2.68. The minimum absolute atomic E-state index is 1.01. The first-order valence-corrected chi connectivity index (χ1v) is 6.77. The van der Waals surface area contributed by atoms with Crippen LogP contribution in [-0.2, 0) is 0 Å². The highest BCUT2D eigenvalue weighted by Gasteiger charge is 2.61. The molecule has 13 heavy (non-hydrogen) atoms. The Morgan fingerprint density at radius 1 is 0.769 bits per heavy atom. The number of fused-ring (bicyclic) bond motifs is 9. The van der Waals surface area contributed by atoms with Gasteiger partial charge in [0.1, 0.15) is 0 Å². The third kappa shape index (κ3) is 0.788. The zero-order chi connectivity index (χ0) is 8.58. The maximum Gasteiger partial charge on any atom is -0.0230 e. The van der Waals surface area contributed by atoms with Crippen LogP contribution in [0.3, 0.4) is 0 Å². The summed E-state index contributed by atoms with van der Waals surface area (Å²) in [6, 6.07) is 0. The van der Waals surface area contributed by atoms with Gasteiger partial charge in [-0.15, -0.1) is 9.24 Å². The van der Waals surface area contributed by atoms with Crippen LogP contribution in [0.1, 0.15) is 32.1 Å². The van der Waals surface area contributed by atoms with Gasteiger partial charge in [-0.3, -0.25) is 0 Å². The number of hydrogen-bond donors (Lipinski definition) is 0. The van der Waals surface area contributed by atoms with Crippen LogP contribution in [-0.4, -0.2) is 5.66 Å².